The van der Waals surface area contributed by atoms with Gasteiger partial charge in [-0.05, 0) is 44.3 Å². The number of amides is 1. The summed E-state index contributed by atoms with van der Waals surface area (Å²) in [7, 11) is 1.84. The molecular weight excluding hydrogens is 300 g/mol. The smallest absolute Gasteiger partial charge is 0.266 e. The molecule has 2 aromatic heterocycles. The molecule has 2 N–H and O–H groups in total. The van der Waals surface area contributed by atoms with E-state index in [4.69, 9.17) is 16.6 Å². The molecule has 1 amide bonds. The van der Waals surface area contributed by atoms with Gasteiger partial charge in [0.2, 0.25) is 0 Å². The molecule has 3 rings (SSSR count). The van der Waals surface area contributed by atoms with E-state index in [-0.39, 0.29) is 5.91 Å². The molecule has 0 radical (unpaired) electrons. The summed E-state index contributed by atoms with van der Waals surface area (Å²) < 4.78 is 7.05. The van der Waals surface area contributed by atoms with Crippen LogP contribution in [0.2, 0.25) is 0 Å². The maximum absolute atomic E-state index is 12.5. The molecule has 0 unspecified atom stereocenters. The molecule has 6 nitrogen and oxygen atoms in total. The third-order valence-corrected chi connectivity index (χ3v) is 3.72. The van der Waals surface area contributed by atoms with Crippen molar-refractivity contribution < 1.29 is 9.21 Å². The van der Waals surface area contributed by atoms with E-state index in [1.54, 1.807) is 29.1 Å². The summed E-state index contributed by atoms with van der Waals surface area (Å²) in [5.41, 5.74) is 2.26. The highest BCUT2D eigenvalue weighted by atomic mass is 32.1. The number of nitrogens with zero attached hydrogens (tertiary/aromatic N) is 2. The lowest BCUT2D eigenvalue weighted by Gasteiger charge is -2.25. The fraction of sp³-hybridized carbons (Fsp3) is 0.267. The normalized spacial score (nSPS) is 11.8. The summed E-state index contributed by atoms with van der Waals surface area (Å²) in [4.78, 5) is 15.7. The van der Waals surface area contributed by atoms with Gasteiger partial charge < -0.3 is 14.7 Å². The zero-order chi connectivity index (χ0) is 15.9. The van der Waals surface area contributed by atoms with Crippen LogP contribution in [0.5, 0.6) is 0 Å². The fourth-order valence-corrected chi connectivity index (χ4v) is 2.46. The van der Waals surface area contributed by atoms with E-state index >= 15 is 0 Å². The molecule has 0 aliphatic rings. The largest absolute Gasteiger partial charge is 0.429 e. The Balaban J connectivity index is 1.87. The van der Waals surface area contributed by atoms with Gasteiger partial charge >= 0.3 is 0 Å². The lowest BCUT2D eigenvalue weighted by atomic mass is 9.97. The van der Waals surface area contributed by atoms with Crippen LogP contribution in [0.3, 0.4) is 0 Å². The number of oxazole rings is 1. The predicted octanol–water partition coefficient (Wildman–Crippen LogP) is 2.89. The number of aromatic nitrogens is 3. The van der Waals surface area contributed by atoms with Crippen LogP contribution >= 0.6 is 12.2 Å². The summed E-state index contributed by atoms with van der Waals surface area (Å²) in [6.45, 7) is 3.87. The second-order valence-corrected chi connectivity index (χ2v) is 6.08. The number of carbonyl (C=O) groups excluding carboxylic acids is 1. The van der Waals surface area contributed by atoms with E-state index in [9.17, 15) is 4.79 Å². The van der Waals surface area contributed by atoms with Gasteiger partial charge in [-0.15, -0.1) is 0 Å². The topological polar surface area (TPSA) is 75.8 Å². The standard InChI is InChI=1S/C15H16N4O2S/c1-15(2,10-7-16-19(3)8-10)18-13(20)9-4-5-11-12(6-9)21-14(22)17-11/h4-8H,1-3H3,(H,17,22)(H,18,20). The van der Waals surface area contributed by atoms with Gasteiger partial charge in [0.1, 0.15) is 0 Å². The van der Waals surface area contributed by atoms with Crippen LogP contribution in [0.15, 0.2) is 35.0 Å². The van der Waals surface area contributed by atoms with Crippen LogP contribution < -0.4 is 5.32 Å². The molecule has 3 aromatic rings. The van der Waals surface area contributed by atoms with Crippen LogP contribution in [0.4, 0.5) is 0 Å². The van der Waals surface area contributed by atoms with Gasteiger partial charge in [0.15, 0.2) is 5.58 Å². The average molecular weight is 316 g/mol. The first kappa shape index (κ1) is 14.5. The van der Waals surface area contributed by atoms with Gasteiger partial charge in [-0.25, -0.2) is 0 Å². The number of rotatable bonds is 3. The van der Waals surface area contributed by atoms with Crippen molar-refractivity contribution in [3.05, 3.63) is 46.6 Å². The van der Waals surface area contributed by atoms with Crippen molar-refractivity contribution >= 4 is 29.2 Å². The van der Waals surface area contributed by atoms with Gasteiger partial charge in [0.05, 0.1) is 17.3 Å². The molecule has 0 spiro atoms. The number of aromatic amines is 1. The van der Waals surface area contributed by atoms with E-state index in [1.807, 2.05) is 27.1 Å². The molecule has 0 saturated heterocycles. The molecule has 0 atom stereocenters. The number of hydrogen-bond acceptors (Lipinski definition) is 4. The SMILES string of the molecule is Cn1cc(C(C)(C)NC(=O)c2ccc3[nH]c(=S)oc3c2)cn1. The summed E-state index contributed by atoms with van der Waals surface area (Å²) in [6, 6.07) is 5.19. The van der Waals surface area contributed by atoms with Crippen molar-refractivity contribution in [3.8, 4) is 0 Å². The molecule has 1 aromatic carbocycles. The van der Waals surface area contributed by atoms with Gasteiger partial charge in [-0.1, -0.05) is 0 Å². The zero-order valence-electron chi connectivity index (χ0n) is 12.5. The Morgan fingerprint density at radius 3 is 2.91 bits per heavy atom. The number of nitrogens with one attached hydrogen (secondary N) is 2. The summed E-state index contributed by atoms with van der Waals surface area (Å²) >= 11 is 4.94. The molecule has 0 saturated carbocycles. The van der Waals surface area contributed by atoms with Crippen molar-refractivity contribution in [1.82, 2.24) is 20.1 Å². The predicted molar refractivity (Wildman–Crippen MR) is 85.1 cm³/mol. The number of fused-ring (bicyclic) bond motifs is 1. The van der Waals surface area contributed by atoms with E-state index in [0.29, 0.717) is 16.0 Å². The maximum Gasteiger partial charge on any atom is 0.266 e. The first-order valence-corrected chi connectivity index (χ1v) is 7.20. The highest BCUT2D eigenvalue weighted by molar-refractivity contribution is 7.71. The minimum absolute atomic E-state index is 0.182. The highest BCUT2D eigenvalue weighted by Crippen LogP contribution is 2.21. The summed E-state index contributed by atoms with van der Waals surface area (Å²) in [5, 5.41) is 7.14. The highest BCUT2D eigenvalue weighted by Gasteiger charge is 2.25. The molecule has 2 heterocycles. The van der Waals surface area contributed by atoms with Crippen molar-refractivity contribution in [3.63, 3.8) is 0 Å². The molecular formula is C15H16N4O2S. The fourth-order valence-electron chi connectivity index (χ4n) is 2.26. The number of hydrogen-bond donors (Lipinski definition) is 2. The van der Waals surface area contributed by atoms with Crippen molar-refractivity contribution in [2.75, 3.05) is 0 Å². The van der Waals surface area contributed by atoms with Gasteiger partial charge in [-0.3, -0.25) is 9.48 Å². The van der Waals surface area contributed by atoms with Gasteiger partial charge in [-0.2, -0.15) is 5.10 Å². The van der Waals surface area contributed by atoms with E-state index in [0.717, 1.165) is 11.1 Å². The Morgan fingerprint density at radius 1 is 1.45 bits per heavy atom. The number of aryl methyl sites for hydroxylation is 1. The Labute approximate surface area is 132 Å². The maximum atomic E-state index is 12.5. The van der Waals surface area contributed by atoms with Crippen molar-refractivity contribution in [2.45, 2.75) is 19.4 Å². The van der Waals surface area contributed by atoms with Crippen LogP contribution in [0.1, 0.15) is 29.8 Å². The Morgan fingerprint density at radius 2 is 2.23 bits per heavy atom. The molecule has 0 aliphatic heterocycles. The number of carbonyl (C=O) groups is 1. The van der Waals surface area contributed by atoms with Crippen LogP contribution in [0.25, 0.3) is 11.1 Å². The minimum Gasteiger partial charge on any atom is -0.429 e. The van der Waals surface area contributed by atoms with Crippen molar-refractivity contribution in [1.29, 1.82) is 0 Å². The molecule has 0 fully saturated rings. The molecule has 114 valence electrons. The third kappa shape index (κ3) is 2.67. The molecule has 0 bridgehead atoms. The van der Waals surface area contributed by atoms with Crippen LogP contribution in [0, 0.1) is 4.84 Å². The van der Waals surface area contributed by atoms with Gasteiger partial charge in [0, 0.05) is 24.4 Å². The third-order valence-electron chi connectivity index (χ3n) is 3.54. The van der Waals surface area contributed by atoms with Crippen molar-refractivity contribution in [2.24, 2.45) is 7.05 Å². The van der Waals surface area contributed by atoms with E-state index in [1.165, 1.54) is 0 Å². The monoisotopic (exact) mass is 316 g/mol. The average Bonchev–Trinajstić information content (AvgIpc) is 3.02. The quantitative estimate of drug-likeness (QED) is 0.729. The Kier molecular flexibility index (Phi) is 3.37. The molecule has 22 heavy (non-hydrogen) atoms. The molecule has 0 aliphatic carbocycles. The van der Waals surface area contributed by atoms with E-state index < -0.39 is 5.54 Å². The van der Waals surface area contributed by atoms with E-state index in [2.05, 4.69) is 15.4 Å². The lowest BCUT2D eigenvalue weighted by molar-refractivity contribution is 0.0912. The molecule has 7 heteroatoms. The second kappa shape index (κ2) is 5.10. The lowest BCUT2D eigenvalue weighted by Crippen LogP contribution is -2.40. The van der Waals surface area contributed by atoms with Crippen LogP contribution in [-0.4, -0.2) is 20.7 Å². The first-order valence-electron chi connectivity index (χ1n) is 6.80. The minimum atomic E-state index is -0.529. The second-order valence-electron chi connectivity index (χ2n) is 5.71. The zero-order valence-corrected chi connectivity index (χ0v) is 13.3. The van der Waals surface area contributed by atoms with Crippen LogP contribution in [-0.2, 0) is 12.6 Å². The number of H-pyrrole nitrogens is 1. The van der Waals surface area contributed by atoms with Gasteiger partial charge in [0.25, 0.3) is 10.7 Å². The number of benzene rings is 1. The summed E-state index contributed by atoms with van der Waals surface area (Å²) in [5.74, 6) is -0.182. The Bertz CT molecular complexity index is 904. The Hall–Kier alpha value is -2.41. The first-order chi connectivity index (χ1) is 10.3. The summed E-state index contributed by atoms with van der Waals surface area (Å²) in [6.07, 6.45) is 3.63.